The van der Waals surface area contributed by atoms with E-state index in [1.54, 1.807) is 0 Å². The molecule has 0 aromatic carbocycles. The summed E-state index contributed by atoms with van der Waals surface area (Å²) >= 11 is 0. The first-order chi connectivity index (χ1) is 8.33. The highest BCUT2D eigenvalue weighted by molar-refractivity contribution is 7.60. The molecule has 107 valence electrons. The molecule has 0 bridgehead atoms. The normalized spacial score (nSPS) is 21.6. The van der Waals surface area contributed by atoms with Crippen LogP contribution in [0.3, 0.4) is 0 Å². The maximum atomic E-state index is 10.5. The molecule has 1 fully saturated rings. The number of carbonyl (C=O) groups is 1. The maximum absolute atomic E-state index is 10.5. The van der Waals surface area contributed by atoms with E-state index in [1.807, 2.05) is 13.8 Å². The second kappa shape index (κ2) is 6.78. The second-order valence-corrected chi connectivity index (χ2v) is 7.13. The molecule has 7 heteroatoms. The van der Waals surface area contributed by atoms with Crippen LogP contribution >= 0.6 is 7.94 Å². The van der Waals surface area contributed by atoms with Gasteiger partial charge in [0.2, 0.25) is 0 Å². The van der Waals surface area contributed by atoms with Crippen LogP contribution in [0.25, 0.3) is 0 Å². The Hall–Kier alpha value is -0.260. The smallest absolute Gasteiger partial charge is 0.302 e. The van der Waals surface area contributed by atoms with Gasteiger partial charge in [0.1, 0.15) is 6.35 Å². The number of rotatable bonds is 6. The Morgan fingerprint density at radius 2 is 1.94 bits per heavy atom. The average molecular weight is 281 g/mol. The summed E-state index contributed by atoms with van der Waals surface area (Å²) in [5.74, 6) is -0.303. The molecule has 0 saturated carbocycles. The zero-order valence-electron chi connectivity index (χ0n) is 11.2. The molecule has 0 spiro atoms. The third kappa shape index (κ3) is 6.07. The van der Waals surface area contributed by atoms with Crippen LogP contribution < -0.4 is 0 Å². The number of hydrogen-bond donors (Lipinski definition) is 1. The maximum Gasteiger partial charge on any atom is 0.302 e. The average Bonchev–Trinajstić information content (AvgIpc) is 2.28. The van der Waals surface area contributed by atoms with Gasteiger partial charge in [0.15, 0.2) is 0 Å². The molecule has 1 aliphatic rings. The Morgan fingerprint density at radius 3 is 2.50 bits per heavy atom. The van der Waals surface area contributed by atoms with Crippen molar-refractivity contribution in [3.05, 3.63) is 0 Å². The van der Waals surface area contributed by atoms with Crippen LogP contribution in [0.1, 0.15) is 27.2 Å². The molecule has 1 radical (unpaired) electrons. The molecule has 1 saturated heterocycles. The van der Waals surface area contributed by atoms with Crippen LogP contribution in [-0.2, 0) is 23.3 Å². The van der Waals surface area contributed by atoms with Gasteiger partial charge in [0.25, 0.3) is 7.94 Å². The molecular formula is C11H22O6P. The minimum absolute atomic E-state index is 0.0587. The topological polar surface area (TPSA) is 74.2 Å². The fourth-order valence-corrected chi connectivity index (χ4v) is 2.95. The summed E-state index contributed by atoms with van der Waals surface area (Å²) < 4.78 is 20.8. The van der Waals surface area contributed by atoms with Crippen molar-refractivity contribution in [3.8, 4) is 0 Å². The van der Waals surface area contributed by atoms with E-state index in [0.29, 0.717) is 32.8 Å². The lowest BCUT2D eigenvalue weighted by Crippen LogP contribution is -2.32. The Kier molecular flexibility index (Phi) is 5.95. The molecule has 6 nitrogen and oxygen atoms in total. The van der Waals surface area contributed by atoms with Crippen molar-refractivity contribution in [1.29, 1.82) is 0 Å². The van der Waals surface area contributed by atoms with E-state index in [0.717, 1.165) is 0 Å². The predicted octanol–water partition coefficient (Wildman–Crippen LogP) is 1.74. The Bertz CT molecular complexity index is 271. The van der Waals surface area contributed by atoms with E-state index in [9.17, 15) is 9.69 Å². The number of hydrogen-bond acceptors (Lipinski definition) is 6. The Morgan fingerprint density at radius 1 is 1.33 bits per heavy atom. The summed E-state index contributed by atoms with van der Waals surface area (Å²) in [5, 5.41) is 0. The minimum atomic E-state index is -2.84. The molecule has 0 aliphatic carbocycles. The largest absolute Gasteiger partial charge is 0.466 e. The van der Waals surface area contributed by atoms with Crippen LogP contribution in [0.4, 0.5) is 0 Å². The van der Waals surface area contributed by atoms with Crippen molar-refractivity contribution < 1.29 is 28.2 Å². The van der Waals surface area contributed by atoms with E-state index in [1.165, 1.54) is 6.92 Å². The van der Waals surface area contributed by atoms with Crippen molar-refractivity contribution in [1.82, 2.24) is 0 Å². The molecule has 0 atom stereocenters. The van der Waals surface area contributed by atoms with Crippen LogP contribution in [-0.4, -0.2) is 43.6 Å². The minimum Gasteiger partial charge on any atom is -0.466 e. The van der Waals surface area contributed by atoms with Crippen LogP contribution in [0.15, 0.2) is 0 Å². The summed E-state index contributed by atoms with van der Waals surface area (Å²) in [6.45, 7) is 7.03. The van der Waals surface area contributed by atoms with Gasteiger partial charge in [-0.1, -0.05) is 13.8 Å². The first-order valence-electron chi connectivity index (χ1n) is 5.94. The van der Waals surface area contributed by atoms with Gasteiger partial charge in [-0.25, -0.2) is 0 Å². The molecule has 18 heavy (non-hydrogen) atoms. The van der Waals surface area contributed by atoms with Crippen molar-refractivity contribution >= 4 is 13.9 Å². The first-order valence-corrected chi connectivity index (χ1v) is 7.70. The quantitative estimate of drug-likeness (QED) is 0.454. The summed E-state index contributed by atoms with van der Waals surface area (Å²) in [5.41, 5.74) is -0.0679. The van der Waals surface area contributed by atoms with E-state index < -0.39 is 7.94 Å². The van der Waals surface area contributed by atoms with Gasteiger partial charge in [-0.05, 0) is 0 Å². The van der Waals surface area contributed by atoms with Gasteiger partial charge in [-0.2, -0.15) is 0 Å². The molecule has 1 aliphatic heterocycles. The van der Waals surface area contributed by atoms with Crippen molar-refractivity contribution in [3.63, 3.8) is 0 Å². The highest BCUT2D eigenvalue weighted by Gasteiger charge is 2.38. The monoisotopic (exact) mass is 281 g/mol. The van der Waals surface area contributed by atoms with Gasteiger partial charge < -0.3 is 23.4 Å². The number of carbonyl (C=O) groups excluding carboxylic acids is 1. The molecule has 0 aromatic heterocycles. The molecule has 1 N–H and O–H groups in total. The second-order valence-electron chi connectivity index (χ2n) is 5.08. The van der Waals surface area contributed by atoms with Gasteiger partial charge in [-0.3, -0.25) is 4.79 Å². The fraction of sp³-hybridized carbons (Fsp3) is 0.909. The van der Waals surface area contributed by atoms with E-state index in [2.05, 4.69) is 0 Å². The lowest BCUT2D eigenvalue weighted by molar-refractivity contribution is -0.141. The van der Waals surface area contributed by atoms with E-state index >= 15 is 0 Å². The molecule has 1 rings (SSSR count). The first kappa shape index (κ1) is 15.8. The lowest BCUT2D eigenvalue weighted by Gasteiger charge is -2.40. The molecule has 0 amide bonds. The predicted molar refractivity (Wildman–Crippen MR) is 66.9 cm³/mol. The van der Waals surface area contributed by atoms with Crippen LogP contribution in [0, 0.1) is 5.41 Å². The van der Waals surface area contributed by atoms with Gasteiger partial charge in [0, 0.05) is 18.8 Å². The fourth-order valence-electron chi connectivity index (χ4n) is 1.26. The van der Waals surface area contributed by atoms with Crippen molar-refractivity contribution in [2.45, 2.75) is 27.2 Å². The summed E-state index contributed by atoms with van der Waals surface area (Å²) in [4.78, 5) is 20.5. The summed E-state index contributed by atoms with van der Waals surface area (Å²) in [7, 11) is -2.84. The SMILES string of the molecule is CC(=O)OCCCOC[P]1(O)OCC(C)(C)CO1. The summed E-state index contributed by atoms with van der Waals surface area (Å²) in [6.07, 6.45) is 0.647. The number of ether oxygens (including phenoxy) is 2. The summed E-state index contributed by atoms with van der Waals surface area (Å²) in [6, 6.07) is 0. The van der Waals surface area contributed by atoms with Crippen LogP contribution in [0.2, 0.25) is 0 Å². The van der Waals surface area contributed by atoms with E-state index in [-0.39, 0.29) is 17.7 Å². The Balaban J connectivity index is 2.10. The molecular weight excluding hydrogens is 259 g/mol. The zero-order valence-corrected chi connectivity index (χ0v) is 12.1. The van der Waals surface area contributed by atoms with Crippen molar-refractivity contribution in [2.24, 2.45) is 5.41 Å². The third-order valence-electron chi connectivity index (χ3n) is 2.31. The van der Waals surface area contributed by atoms with Gasteiger partial charge in [-0.15, -0.1) is 0 Å². The molecule has 0 aromatic rings. The number of esters is 1. The third-order valence-corrected chi connectivity index (χ3v) is 3.88. The van der Waals surface area contributed by atoms with E-state index in [4.69, 9.17) is 18.5 Å². The van der Waals surface area contributed by atoms with Crippen LogP contribution in [0.5, 0.6) is 0 Å². The molecule has 1 heterocycles. The van der Waals surface area contributed by atoms with Gasteiger partial charge in [0.05, 0.1) is 26.4 Å². The van der Waals surface area contributed by atoms with Crippen molar-refractivity contribution in [2.75, 3.05) is 32.8 Å². The highest BCUT2D eigenvalue weighted by atomic mass is 31.2. The standard InChI is InChI=1S/C11H22O6P/c1-10(12)15-6-4-5-14-9-18(13)16-7-11(2,3)8-17-18/h13H,4-9H2,1-3H3. The highest BCUT2D eigenvalue weighted by Crippen LogP contribution is 2.60. The molecule has 0 unspecified atom stereocenters. The Labute approximate surface area is 108 Å². The lowest BCUT2D eigenvalue weighted by atomic mass is 9.97. The zero-order chi connectivity index (χ0) is 13.6. The van der Waals surface area contributed by atoms with Gasteiger partial charge >= 0.3 is 5.97 Å².